The van der Waals surface area contributed by atoms with Gasteiger partial charge in [0, 0.05) is 16.3 Å². The molecule has 4 nitrogen and oxygen atoms in total. The van der Waals surface area contributed by atoms with Gasteiger partial charge in [-0.3, -0.25) is 4.72 Å². The van der Waals surface area contributed by atoms with E-state index in [0.29, 0.717) is 4.88 Å². The van der Waals surface area contributed by atoms with Gasteiger partial charge in [0.1, 0.15) is 11.6 Å². The average molecular weight is 319 g/mol. The van der Waals surface area contributed by atoms with E-state index in [1.807, 2.05) is 4.72 Å². The van der Waals surface area contributed by atoms with Gasteiger partial charge in [0.05, 0.1) is 17.2 Å². The average Bonchev–Trinajstić information content (AvgIpc) is 2.85. The van der Waals surface area contributed by atoms with Crippen LogP contribution in [0.2, 0.25) is 0 Å². The van der Waals surface area contributed by atoms with Crippen molar-refractivity contribution in [2.45, 2.75) is 18.4 Å². The standard InChI is InChI=1S/C12H11F2NO3S2/c1-7-2-11(14)12(4-10(7)13)15-20(17,18)9-3-8(5-16)19-6-9/h2-4,6,15-16H,5H2,1H3. The van der Waals surface area contributed by atoms with Crippen molar-refractivity contribution >= 4 is 27.0 Å². The fraction of sp³-hybridized carbons (Fsp3) is 0.167. The molecule has 0 saturated carbocycles. The van der Waals surface area contributed by atoms with Crippen molar-refractivity contribution in [2.75, 3.05) is 4.72 Å². The van der Waals surface area contributed by atoms with Crippen molar-refractivity contribution in [3.8, 4) is 0 Å². The summed E-state index contributed by atoms with van der Waals surface area (Å²) >= 11 is 1.06. The van der Waals surface area contributed by atoms with Gasteiger partial charge in [-0.1, -0.05) is 0 Å². The summed E-state index contributed by atoms with van der Waals surface area (Å²) in [4.78, 5) is 0.355. The number of halogens is 2. The summed E-state index contributed by atoms with van der Waals surface area (Å²) in [6.07, 6.45) is 0. The summed E-state index contributed by atoms with van der Waals surface area (Å²) in [5.74, 6) is -1.56. The Hall–Kier alpha value is -1.51. The van der Waals surface area contributed by atoms with Crippen molar-refractivity contribution in [1.82, 2.24) is 0 Å². The van der Waals surface area contributed by atoms with Crippen LogP contribution in [-0.4, -0.2) is 13.5 Å². The molecule has 8 heteroatoms. The highest BCUT2D eigenvalue weighted by Crippen LogP contribution is 2.25. The Labute approximate surface area is 118 Å². The number of hydrogen-bond acceptors (Lipinski definition) is 4. The second-order valence-electron chi connectivity index (χ2n) is 4.09. The van der Waals surface area contributed by atoms with Gasteiger partial charge in [-0.25, -0.2) is 17.2 Å². The van der Waals surface area contributed by atoms with Crippen molar-refractivity contribution in [1.29, 1.82) is 0 Å². The number of thiophene rings is 1. The van der Waals surface area contributed by atoms with E-state index in [2.05, 4.69) is 0 Å². The number of aliphatic hydroxyl groups is 1. The first kappa shape index (κ1) is 14.9. The molecule has 0 atom stereocenters. The third kappa shape index (κ3) is 2.97. The van der Waals surface area contributed by atoms with Gasteiger partial charge in [0.2, 0.25) is 0 Å². The van der Waals surface area contributed by atoms with E-state index in [4.69, 9.17) is 5.11 Å². The molecule has 0 aliphatic rings. The Morgan fingerprint density at radius 1 is 1.25 bits per heavy atom. The lowest BCUT2D eigenvalue weighted by molar-refractivity contribution is 0.285. The summed E-state index contributed by atoms with van der Waals surface area (Å²) in [7, 11) is -4.01. The van der Waals surface area contributed by atoms with E-state index in [-0.39, 0.29) is 17.1 Å². The van der Waals surface area contributed by atoms with Crippen LogP contribution < -0.4 is 4.72 Å². The van der Waals surface area contributed by atoms with Gasteiger partial charge in [-0.15, -0.1) is 11.3 Å². The molecule has 0 fully saturated rings. The molecule has 0 spiro atoms. The number of nitrogens with one attached hydrogen (secondary N) is 1. The molecule has 0 amide bonds. The van der Waals surface area contributed by atoms with Crippen LogP contribution in [0.25, 0.3) is 0 Å². The largest absolute Gasteiger partial charge is 0.391 e. The molecule has 0 radical (unpaired) electrons. The van der Waals surface area contributed by atoms with E-state index in [0.717, 1.165) is 23.5 Å². The molecule has 0 unspecified atom stereocenters. The molecule has 2 rings (SSSR count). The molecule has 2 aromatic rings. The van der Waals surface area contributed by atoms with Gasteiger partial charge in [0.15, 0.2) is 0 Å². The van der Waals surface area contributed by atoms with E-state index in [9.17, 15) is 17.2 Å². The minimum absolute atomic E-state index is 0.0866. The molecule has 0 saturated heterocycles. The molecular formula is C12H11F2NO3S2. The molecule has 1 heterocycles. The van der Waals surface area contributed by atoms with Crippen LogP contribution in [0.15, 0.2) is 28.5 Å². The fourth-order valence-electron chi connectivity index (χ4n) is 1.51. The van der Waals surface area contributed by atoms with Crippen molar-refractivity contribution < 1.29 is 22.3 Å². The zero-order valence-corrected chi connectivity index (χ0v) is 12.0. The number of hydrogen-bond donors (Lipinski definition) is 2. The number of rotatable bonds is 4. The highest BCUT2D eigenvalue weighted by atomic mass is 32.2. The van der Waals surface area contributed by atoms with Gasteiger partial charge < -0.3 is 5.11 Å². The summed E-state index contributed by atoms with van der Waals surface area (Å²) in [6, 6.07) is 2.98. The van der Waals surface area contributed by atoms with Crippen molar-refractivity contribution in [3.05, 3.63) is 45.7 Å². The van der Waals surface area contributed by atoms with Gasteiger partial charge >= 0.3 is 0 Å². The SMILES string of the molecule is Cc1cc(F)c(NS(=O)(=O)c2csc(CO)c2)cc1F. The highest BCUT2D eigenvalue weighted by Gasteiger charge is 2.19. The Balaban J connectivity index is 2.35. The monoisotopic (exact) mass is 319 g/mol. The van der Waals surface area contributed by atoms with Gasteiger partial charge in [0.25, 0.3) is 10.0 Å². The topological polar surface area (TPSA) is 66.4 Å². The van der Waals surface area contributed by atoms with Crippen LogP contribution in [0.3, 0.4) is 0 Å². The minimum Gasteiger partial charge on any atom is -0.391 e. The Bertz CT molecular complexity index is 741. The fourth-order valence-corrected chi connectivity index (χ4v) is 3.70. The summed E-state index contributed by atoms with van der Waals surface area (Å²) in [5, 5.41) is 10.2. The number of anilines is 1. The molecular weight excluding hydrogens is 308 g/mol. The Kier molecular flexibility index (Phi) is 4.07. The number of aryl methyl sites for hydroxylation is 1. The van der Waals surface area contributed by atoms with Crippen LogP contribution in [0, 0.1) is 18.6 Å². The van der Waals surface area contributed by atoms with E-state index in [1.165, 1.54) is 18.4 Å². The molecule has 0 aliphatic carbocycles. The lowest BCUT2D eigenvalue weighted by Gasteiger charge is -2.08. The van der Waals surface area contributed by atoms with Crippen LogP contribution in [-0.2, 0) is 16.6 Å². The zero-order valence-electron chi connectivity index (χ0n) is 10.4. The maximum absolute atomic E-state index is 13.6. The Morgan fingerprint density at radius 3 is 2.55 bits per heavy atom. The van der Waals surface area contributed by atoms with Crippen LogP contribution >= 0.6 is 11.3 Å². The summed E-state index contributed by atoms with van der Waals surface area (Å²) in [5.41, 5.74) is -0.367. The molecule has 20 heavy (non-hydrogen) atoms. The summed E-state index contributed by atoms with van der Waals surface area (Å²) in [6.45, 7) is 1.09. The normalized spacial score (nSPS) is 11.6. The van der Waals surface area contributed by atoms with Crippen LogP contribution in [0.4, 0.5) is 14.5 Å². The maximum atomic E-state index is 13.6. The zero-order chi connectivity index (χ0) is 14.9. The first-order valence-corrected chi connectivity index (χ1v) is 7.86. The lowest BCUT2D eigenvalue weighted by atomic mass is 10.2. The third-order valence-corrected chi connectivity index (χ3v) is 5.00. The van der Waals surface area contributed by atoms with Crippen molar-refractivity contribution in [2.24, 2.45) is 0 Å². The molecule has 1 aromatic carbocycles. The van der Waals surface area contributed by atoms with E-state index < -0.39 is 27.3 Å². The predicted octanol–water partition coefficient (Wildman–Crippen LogP) is 2.63. The molecule has 1 aromatic heterocycles. The molecule has 108 valence electrons. The van der Waals surface area contributed by atoms with E-state index >= 15 is 0 Å². The Morgan fingerprint density at radius 2 is 1.95 bits per heavy atom. The minimum atomic E-state index is -4.01. The smallest absolute Gasteiger partial charge is 0.262 e. The molecule has 0 aliphatic heterocycles. The first-order chi connectivity index (χ1) is 9.33. The van der Waals surface area contributed by atoms with Crippen LogP contribution in [0.1, 0.15) is 10.4 Å². The summed E-state index contributed by atoms with van der Waals surface area (Å²) < 4.78 is 53.0. The predicted molar refractivity (Wildman–Crippen MR) is 72.1 cm³/mol. The number of benzene rings is 1. The number of sulfonamides is 1. The maximum Gasteiger partial charge on any atom is 0.262 e. The lowest BCUT2D eigenvalue weighted by Crippen LogP contribution is -2.13. The van der Waals surface area contributed by atoms with Gasteiger partial charge in [-0.05, 0) is 24.6 Å². The van der Waals surface area contributed by atoms with Gasteiger partial charge in [-0.2, -0.15) is 0 Å². The first-order valence-electron chi connectivity index (χ1n) is 5.50. The second-order valence-corrected chi connectivity index (χ2v) is 6.77. The molecule has 0 bridgehead atoms. The second kappa shape index (κ2) is 5.47. The highest BCUT2D eigenvalue weighted by molar-refractivity contribution is 7.92. The molecule has 2 N–H and O–H groups in total. The number of aliphatic hydroxyl groups excluding tert-OH is 1. The third-order valence-electron chi connectivity index (χ3n) is 2.59. The van der Waals surface area contributed by atoms with Crippen LogP contribution in [0.5, 0.6) is 0 Å². The van der Waals surface area contributed by atoms with E-state index in [1.54, 1.807) is 0 Å². The quantitative estimate of drug-likeness (QED) is 0.910. The van der Waals surface area contributed by atoms with Crippen molar-refractivity contribution in [3.63, 3.8) is 0 Å².